The van der Waals surface area contributed by atoms with Crippen molar-refractivity contribution >= 4 is 0 Å². The molecule has 0 aromatic rings. The molecule has 3 aliphatic rings. The summed E-state index contributed by atoms with van der Waals surface area (Å²) in [6.07, 6.45) is 15.5. The fourth-order valence-corrected chi connectivity index (χ4v) is 4.51. The van der Waals surface area contributed by atoms with E-state index in [1.54, 1.807) is 16.7 Å². The molecule has 0 aromatic heterocycles. The summed E-state index contributed by atoms with van der Waals surface area (Å²) in [5.41, 5.74) is 5.51. The third-order valence-electron chi connectivity index (χ3n) is 5.46. The maximum atomic E-state index is 2.51. The Bertz CT molecular complexity index is 431. The normalized spacial score (nSPS) is 33.8. The van der Waals surface area contributed by atoms with Gasteiger partial charge in [-0.05, 0) is 66.1 Å². The summed E-state index contributed by atoms with van der Waals surface area (Å²) in [5.74, 6) is 1.67. The monoisotopic (exact) mass is 242 g/mol. The summed E-state index contributed by atoms with van der Waals surface area (Å²) < 4.78 is 0. The molecule has 0 unspecified atom stereocenters. The van der Waals surface area contributed by atoms with Gasteiger partial charge in [0.05, 0.1) is 0 Å². The molecule has 98 valence electrons. The number of rotatable bonds is 1. The molecule has 0 heterocycles. The highest BCUT2D eigenvalue weighted by molar-refractivity contribution is 5.47. The van der Waals surface area contributed by atoms with Crippen LogP contribution < -0.4 is 0 Å². The Hall–Kier alpha value is -0.780. The first-order chi connectivity index (χ1) is 8.63. The predicted molar refractivity (Wildman–Crippen MR) is 78.4 cm³/mol. The largest absolute Gasteiger partial charge is 0.0810 e. The van der Waals surface area contributed by atoms with Crippen LogP contribution in [0.15, 0.2) is 34.9 Å². The summed E-state index contributed by atoms with van der Waals surface area (Å²) in [6, 6.07) is 0. The first-order valence-corrected chi connectivity index (χ1v) is 7.75. The third-order valence-corrected chi connectivity index (χ3v) is 5.46. The van der Waals surface area contributed by atoms with Crippen LogP contribution in [0.1, 0.15) is 59.3 Å². The molecule has 3 aliphatic carbocycles. The van der Waals surface area contributed by atoms with Crippen LogP contribution in [-0.2, 0) is 0 Å². The van der Waals surface area contributed by atoms with Crippen LogP contribution in [-0.4, -0.2) is 0 Å². The van der Waals surface area contributed by atoms with E-state index in [9.17, 15) is 0 Å². The van der Waals surface area contributed by atoms with E-state index in [0.29, 0.717) is 5.41 Å². The van der Waals surface area contributed by atoms with Crippen LogP contribution in [0.5, 0.6) is 0 Å². The molecule has 0 N–H and O–H groups in total. The molecule has 3 rings (SSSR count). The molecule has 0 amide bonds. The van der Waals surface area contributed by atoms with Gasteiger partial charge in [0.25, 0.3) is 0 Å². The van der Waals surface area contributed by atoms with Crippen molar-refractivity contribution in [3.8, 4) is 0 Å². The minimum Gasteiger partial charge on any atom is -0.0810 e. The van der Waals surface area contributed by atoms with Crippen LogP contribution in [0.2, 0.25) is 0 Å². The lowest BCUT2D eigenvalue weighted by Gasteiger charge is -2.45. The first-order valence-electron chi connectivity index (χ1n) is 7.75. The van der Waals surface area contributed by atoms with Gasteiger partial charge < -0.3 is 0 Å². The molecular formula is C18H26. The Balaban J connectivity index is 2.07. The van der Waals surface area contributed by atoms with Crippen LogP contribution in [0, 0.1) is 17.3 Å². The first kappa shape index (κ1) is 12.3. The zero-order valence-corrected chi connectivity index (χ0v) is 12.1. The average Bonchev–Trinajstić information content (AvgIpc) is 2.37. The Morgan fingerprint density at radius 2 is 2.11 bits per heavy atom. The molecule has 0 aliphatic heterocycles. The van der Waals surface area contributed by atoms with Crippen molar-refractivity contribution < 1.29 is 0 Å². The van der Waals surface area contributed by atoms with E-state index >= 15 is 0 Å². The van der Waals surface area contributed by atoms with Gasteiger partial charge in [-0.15, -0.1) is 0 Å². The molecular weight excluding hydrogens is 216 g/mol. The maximum Gasteiger partial charge on any atom is -0.0120 e. The standard InChI is InChI=1S/C18H26/c1-4-17-16-10-9-13-7-5-6-8-14(13)15(16)11-12-18(17,2)3/h7,11-12,16-17H,4-6,8-10H2,1-3H3/t16-,17+/m1/s1. The lowest BCUT2D eigenvalue weighted by Crippen LogP contribution is -2.35. The second-order valence-electron chi connectivity index (χ2n) is 6.87. The van der Waals surface area contributed by atoms with E-state index in [0.717, 1.165) is 11.8 Å². The molecule has 0 saturated heterocycles. The highest BCUT2D eigenvalue weighted by atomic mass is 14.4. The Kier molecular flexibility index (Phi) is 3.00. The zero-order chi connectivity index (χ0) is 12.8. The molecule has 18 heavy (non-hydrogen) atoms. The van der Waals surface area contributed by atoms with Gasteiger partial charge in [-0.3, -0.25) is 0 Å². The second kappa shape index (κ2) is 4.40. The van der Waals surface area contributed by atoms with Gasteiger partial charge in [0, 0.05) is 0 Å². The predicted octanol–water partition coefficient (Wildman–Crippen LogP) is 5.43. The molecule has 0 heteroatoms. The molecule has 0 bridgehead atoms. The SMILES string of the molecule is CC[C@H]1[C@@H]2CCC3=CCCCC3=C2C=CC1(C)C. The van der Waals surface area contributed by atoms with Gasteiger partial charge in [-0.2, -0.15) is 0 Å². The van der Waals surface area contributed by atoms with Crippen molar-refractivity contribution in [1.82, 2.24) is 0 Å². The molecule has 2 atom stereocenters. The van der Waals surface area contributed by atoms with Crippen molar-refractivity contribution in [1.29, 1.82) is 0 Å². The fourth-order valence-electron chi connectivity index (χ4n) is 4.51. The Morgan fingerprint density at radius 3 is 2.89 bits per heavy atom. The number of hydrogen-bond donors (Lipinski definition) is 0. The van der Waals surface area contributed by atoms with Gasteiger partial charge >= 0.3 is 0 Å². The van der Waals surface area contributed by atoms with Gasteiger partial charge in [-0.25, -0.2) is 0 Å². The van der Waals surface area contributed by atoms with E-state index in [-0.39, 0.29) is 0 Å². The molecule has 0 saturated carbocycles. The van der Waals surface area contributed by atoms with Gasteiger partial charge in [0.2, 0.25) is 0 Å². The molecule has 0 aromatic carbocycles. The average molecular weight is 242 g/mol. The maximum absolute atomic E-state index is 2.51. The quantitative estimate of drug-likeness (QED) is 0.575. The molecule has 0 radical (unpaired) electrons. The fraction of sp³-hybridized carbons (Fsp3) is 0.667. The summed E-state index contributed by atoms with van der Waals surface area (Å²) >= 11 is 0. The number of fused-ring (bicyclic) bond motifs is 2. The highest BCUT2D eigenvalue weighted by Gasteiger charge is 2.40. The third kappa shape index (κ3) is 1.81. The molecule has 0 fully saturated rings. The van der Waals surface area contributed by atoms with Crippen LogP contribution in [0.4, 0.5) is 0 Å². The van der Waals surface area contributed by atoms with E-state index < -0.39 is 0 Å². The second-order valence-corrected chi connectivity index (χ2v) is 6.87. The van der Waals surface area contributed by atoms with E-state index in [1.165, 1.54) is 38.5 Å². The van der Waals surface area contributed by atoms with Gasteiger partial charge in [0.15, 0.2) is 0 Å². The summed E-state index contributed by atoms with van der Waals surface area (Å²) in [7, 11) is 0. The Morgan fingerprint density at radius 1 is 1.28 bits per heavy atom. The van der Waals surface area contributed by atoms with E-state index in [1.807, 2.05) is 0 Å². The van der Waals surface area contributed by atoms with Crippen molar-refractivity contribution in [3.05, 3.63) is 34.9 Å². The lowest BCUT2D eigenvalue weighted by molar-refractivity contribution is 0.183. The Labute approximate surface area is 112 Å². The lowest BCUT2D eigenvalue weighted by atomic mass is 9.59. The van der Waals surface area contributed by atoms with Crippen molar-refractivity contribution in [3.63, 3.8) is 0 Å². The van der Waals surface area contributed by atoms with Crippen molar-refractivity contribution in [2.75, 3.05) is 0 Å². The van der Waals surface area contributed by atoms with E-state index in [2.05, 4.69) is 39.0 Å². The highest BCUT2D eigenvalue weighted by Crippen LogP contribution is 2.51. The minimum absolute atomic E-state index is 0.388. The summed E-state index contributed by atoms with van der Waals surface area (Å²) in [5, 5.41) is 0. The minimum atomic E-state index is 0.388. The van der Waals surface area contributed by atoms with Crippen molar-refractivity contribution in [2.45, 2.75) is 59.3 Å². The van der Waals surface area contributed by atoms with Crippen molar-refractivity contribution in [2.24, 2.45) is 17.3 Å². The number of allylic oxidation sites excluding steroid dienone is 6. The smallest absolute Gasteiger partial charge is 0.0120 e. The topological polar surface area (TPSA) is 0 Å². The summed E-state index contributed by atoms with van der Waals surface area (Å²) in [4.78, 5) is 0. The zero-order valence-electron chi connectivity index (χ0n) is 12.1. The van der Waals surface area contributed by atoms with E-state index in [4.69, 9.17) is 0 Å². The number of hydrogen-bond acceptors (Lipinski definition) is 0. The van der Waals surface area contributed by atoms with Gasteiger partial charge in [0.1, 0.15) is 0 Å². The van der Waals surface area contributed by atoms with Gasteiger partial charge in [-0.1, -0.05) is 45.4 Å². The van der Waals surface area contributed by atoms with Crippen LogP contribution in [0.25, 0.3) is 0 Å². The van der Waals surface area contributed by atoms with Crippen LogP contribution in [0.3, 0.4) is 0 Å². The molecule has 0 nitrogen and oxygen atoms in total. The van der Waals surface area contributed by atoms with Crippen LogP contribution >= 0.6 is 0 Å². The molecule has 0 spiro atoms. The summed E-state index contributed by atoms with van der Waals surface area (Å²) in [6.45, 7) is 7.22.